The molecule has 0 N–H and O–H groups in total. The topological polar surface area (TPSA) is 117 Å². The molecule has 1 aliphatic heterocycles. The van der Waals surface area contributed by atoms with Gasteiger partial charge in [0.05, 0.1) is 31.0 Å². The molecule has 0 aliphatic carbocycles. The molecule has 0 unspecified atom stereocenters. The Morgan fingerprint density at radius 2 is 1.96 bits per heavy atom. The first-order valence-electron chi connectivity index (χ1n) is 8.56. The minimum absolute atomic E-state index is 0.00670. The van der Waals surface area contributed by atoms with E-state index in [4.69, 9.17) is 0 Å². The molecule has 4 rings (SSSR count). The van der Waals surface area contributed by atoms with Crippen LogP contribution in [0.25, 0.3) is 0 Å². The van der Waals surface area contributed by atoms with E-state index in [2.05, 4.69) is 25.5 Å². The van der Waals surface area contributed by atoms with Gasteiger partial charge in [-0.05, 0) is 13.8 Å². The van der Waals surface area contributed by atoms with Gasteiger partial charge >= 0.3 is 0 Å². The van der Waals surface area contributed by atoms with Gasteiger partial charge in [-0.15, -0.1) is 5.10 Å². The minimum Gasteiger partial charge on any atom is -0.337 e. The van der Waals surface area contributed by atoms with Crippen molar-refractivity contribution in [3.63, 3.8) is 0 Å². The Labute approximate surface area is 154 Å². The second kappa shape index (κ2) is 6.74. The fourth-order valence-corrected chi connectivity index (χ4v) is 2.89. The van der Waals surface area contributed by atoms with Crippen LogP contribution in [-0.4, -0.2) is 63.4 Å². The molecule has 140 valence electrons. The standard InChI is InChI=1S/C16H19N9O2/c1-11-12(2)17-10-23(16(11)27)9-15(26)22-7-14(8-22)24-5-13(20-21-24)6-25-18-3-4-19-25/h3-5,10,14H,6-9H2,1-2H3. The van der Waals surface area contributed by atoms with Crippen molar-refractivity contribution < 1.29 is 4.79 Å². The van der Waals surface area contributed by atoms with Gasteiger partial charge in [0.25, 0.3) is 5.56 Å². The van der Waals surface area contributed by atoms with E-state index in [0.717, 1.165) is 5.69 Å². The van der Waals surface area contributed by atoms with E-state index in [0.29, 0.717) is 30.9 Å². The third kappa shape index (κ3) is 3.35. The van der Waals surface area contributed by atoms with Crippen LogP contribution in [0, 0.1) is 13.8 Å². The van der Waals surface area contributed by atoms with Gasteiger partial charge < -0.3 is 4.90 Å². The van der Waals surface area contributed by atoms with Crippen LogP contribution in [0.2, 0.25) is 0 Å². The highest BCUT2D eigenvalue weighted by atomic mass is 16.2. The van der Waals surface area contributed by atoms with Gasteiger partial charge in [0.1, 0.15) is 18.8 Å². The predicted octanol–water partition coefficient (Wildman–Crippen LogP) is -0.825. The van der Waals surface area contributed by atoms with Crippen molar-refractivity contribution in [2.24, 2.45) is 0 Å². The lowest BCUT2D eigenvalue weighted by molar-refractivity contribution is -0.137. The molecule has 27 heavy (non-hydrogen) atoms. The third-order valence-electron chi connectivity index (χ3n) is 4.74. The maximum absolute atomic E-state index is 12.4. The molecule has 0 radical (unpaired) electrons. The van der Waals surface area contributed by atoms with Crippen molar-refractivity contribution in [3.05, 3.63) is 52.2 Å². The van der Waals surface area contributed by atoms with Gasteiger partial charge in [0.15, 0.2) is 0 Å². The largest absolute Gasteiger partial charge is 0.337 e. The average molecular weight is 369 g/mol. The summed E-state index contributed by atoms with van der Waals surface area (Å²) in [6.45, 7) is 5.01. The lowest BCUT2D eigenvalue weighted by Crippen LogP contribution is -2.52. The predicted molar refractivity (Wildman–Crippen MR) is 92.7 cm³/mol. The first-order valence-corrected chi connectivity index (χ1v) is 8.56. The summed E-state index contributed by atoms with van der Waals surface area (Å²) >= 11 is 0. The van der Waals surface area contributed by atoms with Crippen LogP contribution in [0.5, 0.6) is 0 Å². The summed E-state index contributed by atoms with van der Waals surface area (Å²) in [4.78, 5) is 32.0. The van der Waals surface area contributed by atoms with Gasteiger partial charge in [-0.25, -0.2) is 9.67 Å². The van der Waals surface area contributed by atoms with Gasteiger partial charge in [0, 0.05) is 24.3 Å². The van der Waals surface area contributed by atoms with Crippen LogP contribution in [0.15, 0.2) is 29.7 Å². The maximum Gasteiger partial charge on any atom is 0.256 e. The number of likely N-dealkylation sites (tertiary alicyclic amines) is 1. The zero-order valence-electron chi connectivity index (χ0n) is 15.1. The zero-order valence-corrected chi connectivity index (χ0v) is 15.1. The summed E-state index contributed by atoms with van der Waals surface area (Å²) in [5.41, 5.74) is 1.82. The Morgan fingerprint density at radius 1 is 1.22 bits per heavy atom. The molecule has 0 atom stereocenters. The Morgan fingerprint density at radius 3 is 2.70 bits per heavy atom. The number of rotatable bonds is 5. The van der Waals surface area contributed by atoms with Gasteiger partial charge in [-0.2, -0.15) is 15.0 Å². The monoisotopic (exact) mass is 369 g/mol. The normalized spacial score (nSPS) is 14.4. The quantitative estimate of drug-likeness (QED) is 0.576. The Hall–Kier alpha value is -3.37. The number of carbonyl (C=O) groups is 1. The van der Waals surface area contributed by atoms with Crippen LogP contribution in [-0.2, 0) is 17.9 Å². The fourth-order valence-electron chi connectivity index (χ4n) is 2.89. The highest BCUT2D eigenvalue weighted by molar-refractivity contribution is 5.76. The van der Waals surface area contributed by atoms with Crippen LogP contribution in [0.4, 0.5) is 0 Å². The van der Waals surface area contributed by atoms with Crippen LogP contribution in [0.3, 0.4) is 0 Å². The minimum atomic E-state index is -0.180. The molecule has 4 heterocycles. The van der Waals surface area contributed by atoms with E-state index >= 15 is 0 Å². The van der Waals surface area contributed by atoms with Crippen LogP contribution >= 0.6 is 0 Å². The molecule has 1 fully saturated rings. The number of nitrogens with zero attached hydrogens (tertiary/aromatic N) is 9. The molecule has 0 aromatic carbocycles. The first-order chi connectivity index (χ1) is 13.0. The fraction of sp³-hybridized carbons (Fsp3) is 0.438. The second-order valence-electron chi connectivity index (χ2n) is 6.59. The van der Waals surface area contributed by atoms with Crippen molar-refractivity contribution in [1.29, 1.82) is 0 Å². The summed E-state index contributed by atoms with van der Waals surface area (Å²) in [6, 6.07) is 0.0791. The number of hydrogen-bond acceptors (Lipinski definition) is 7. The van der Waals surface area contributed by atoms with E-state index in [1.165, 1.54) is 15.7 Å². The van der Waals surface area contributed by atoms with Crippen molar-refractivity contribution in [1.82, 2.24) is 44.4 Å². The van der Waals surface area contributed by atoms with E-state index in [1.807, 2.05) is 6.20 Å². The molecule has 1 aliphatic rings. The Kier molecular flexibility index (Phi) is 4.26. The highest BCUT2D eigenvalue weighted by Gasteiger charge is 2.33. The summed E-state index contributed by atoms with van der Waals surface area (Å²) < 4.78 is 3.11. The number of amides is 1. The Balaban J connectivity index is 1.34. The van der Waals surface area contributed by atoms with E-state index in [9.17, 15) is 9.59 Å². The molecule has 0 saturated carbocycles. The van der Waals surface area contributed by atoms with E-state index in [1.54, 1.807) is 35.8 Å². The smallest absolute Gasteiger partial charge is 0.256 e. The number of aromatic nitrogens is 8. The lowest BCUT2D eigenvalue weighted by atomic mass is 10.1. The van der Waals surface area contributed by atoms with E-state index in [-0.39, 0.29) is 24.1 Å². The molecule has 11 nitrogen and oxygen atoms in total. The summed E-state index contributed by atoms with van der Waals surface area (Å²) in [6.07, 6.45) is 6.48. The summed E-state index contributed by atoms with van der Waals surface area (Å²) in [5, 5.41) is 16.3. The van der Waals surface area contributed by atoms with Crippen LogP contribution in [0.1, 0.15) is 23.0 Å². The molecule has 1 amide bonds. The number of aryl methyl sites for hydroxylation is 1. The molecule has 0 spiro atoms. The van der Waals surface area contributed by atoms with Crippen molar-refractivity contribution in [2.75, 3.05) is 13.1 Å². The molecule has 1 saturated heterocycles. The molecule has 3 aromatic heterocycles. The molecule has 3 aromatic rings. The summed E-state index contributed by atoms with van der Waals surface area (Å²) in [7, 11) is 0. The molecule has 0 bridgehead atoms. The maximum atomic E-state index is 12.4. The number of carbonyl (C=O) groups excluding carboxylic acids is 1. The van der Waals surface area contributed by atoms with Crippen molar-refractivity contribution >= 4 is 5.91 Å². The highest BCUT2D eigenvalue weighted by Crippen LogP contribution is 2.20. The zero-order chi connectivity index (χ0) is 19.0. The first kappa shape index (κ1) is 17.1. The molecular formula is C16H19N9O2. The molecular weight excluding hydrogens is 350 g/mol. The van der Waals surface area contributed by atoms with Crippen molar-refractivity contribution in [2.45, 2.75) is 33.0 Å². The average Bonchev–Trinajstić information content (AvgIpc) is 3.27. The molecule has 11 heteroatoms. The van der Waals surface area contributed by atoms with Crippen molar-refractivity contribution in [3.8, 4) is 0 Å². The third-order valence-corrected chi connectivity index (χ3v) is 4.74. The van der Waals surface area contributed by atoms with Gasteiger partial charge in [-0.1, -0.05) is 5.21 Å². The lowest BCUT2D eigenvalue weighted by Gasteiger charge is -2.38. The van der Waals surface area contributed by atoms with Gasteiger partial charge in [-0.3, -0.25) is 14.2 Å². The Bertz CT molecular complexity index is 1010. The second-order valence-corrected chi connectivity index (χ2v) is 6.59. The van der Waals surface area contributed by atoms with E-state index < -0.39 is 0 Å². The summed E-state index contributed by atoms with van der Waals surface area (Å²) in [5.74, 6) is -0.112. The van der Waals surface area contributed by atoms with Crippen LogP contribution < -0.4 is 5.56 Å². The van der Waals surface area contributed by atoms with Gasteiger partial charge in [0.2, 0.25) is 5.91 Å². The SMILES string of the molecule is Cc1ncn(CC(=O)N2CC(n3cc(Cn4nccn4)nn3)C2)c(=O)c1C. The number of hydrogen-bond donors (Lipinski definition) is 0.